The Morgan fingerprint density at radius 1 is 1.07 bits per heavy atom. The summed E-state index contributed by atoms with van der Waals surface area (Å²) in [6.45, 7) is 2.88. The van der Waals surface area contributed by atoms with E-state index in [-0.39, 0.29) is 5.91 Å². The van der Waals surface area contributed by atoms with Gasteiger partial charge in [-0.3, -0.25) is 9.36 Å². The van der Waals surface area contributed by atoms with Gasteiger partial charge in [-0.25, -0.2) is 15.0 Å². The van der Waals surface area contributed by atoms with E-state index >= 15 is 0 Å². The van der Waals surface area contributed by atoms with Crippen LogP contribution in [0.4, 0.5) is 5.82 Å². The lowest BCUT2D eigenvalue weighted by molar-refractivity contribution is -0.130. The number of hydrogen-bond acceptors (Lipinski definition) is 5. The molecule has 3 aromatic heterocycles. The first-order valence-electron chi connectivity index (χ1n) is 10.0. The van der Waals surface area contributed by atoms with Crippen molar-refractivity contribution in [2.45, 2.75) is 6.42 Å². The predicted molar refractivity (Wildman–Crippen MR) is 115 cm³/mol. The molecule has 0 radical (unpaired) electrons. The summed E-state index contributed by atoms with van der Waals surface area (Å²) in [6, 6.07) is 10.2. The molecule has 1 amide bonds. The Morgan fingerprint density at radius 3 is 2.67 bits per heavy atom. The van der Waals surface area contributed by atoms with Gasteiger partial charge in [-0.15, -0.1) is 0 Å². The number of aryl methyl sites for hydroxylation is 1. The van der Waals surface area contributed by atoms with Crippen LogP contribution in [0.2, 0.25) is 0 Å². The Morgan fingerprint density at radius 2 is 1.87 bits per heavy atom. The molecular formula is C22H23N7O. The Labute approximate surface area is 174 Å². The van der Waals surface area contributed by atoms with Crippen molar-refractivity contribution in [2.75, 3.05) is 31.1 Å². The number of hydrogen-bond donors (Lipinski definition) is 0. The van der Waals surface area contributed by atoms with E-state index in [1.807, 2.05) is 40.9 Å². The highest BCUT2D eigenvalue weighted by molar-refractivity contribution is 5.89. The molecule has 1 aromatic carbocycles. The van der Waals surface area contributed by atoms with E-state index in [4.69, 9.17) is 0 Å². The zero-order valence-corrected chi connectivity index (χ0v) is 16.8. The van der Waals surface area contributed by atoms with Gasteiger partial charge >= 0.3 is 0 Å². The van der Waals surface area contributed by atoms with Crippen LogP contribution in [-0.2, 0) is 18.3 Å². The minimum Gasteiger partial charge on any atom is -0.353 e. The number of nitrogens with zero attached hydrogens (tertiary/aromatic N) is 7. The fraction of sp³-hybridized carbons (Fsp3) is 0.273. The summed E-state index contributed by atoms with van der Waals surface area (Å²) in [5.41, 5.74) is 2.24. The molecular weight excluding hydrogens is 378 g/mol. The van der Waals surface area contributed by atoms with Crippen molar-refractivity contribution in [2.24, 2.45) is 7.05 Å². The predicted octanol–water partition coefficient (Wildman–Crippen LogP) is 2.05. The van der Waals surface area contributed by atoms with Crippen LogP contribution in [0.5, 0.6) is 0 Å². The van der Waals surface area contributed by atoms with Gasteiger partial charge in [-0.05, 0) is 11.6 Å². The maximum atomic E-state index is 12.9. The summed E-state index contributed by atoms with van der Waals surface area (Å²) in [7, 11) is 2.02. The summed E-state index contributed by atoms with van der Waals surface area (Å²) in [5.74, 6) is 1.83. The number of aromatic nitrogens is 5. The van der Waals surface area contributed by atoms with Crippen LogP contribution >= 0.6 is 0 Å². The average Bonchev–Trinajstić information content (AvgIpc) is 3.43. The highest BCUT2D eigenvalue weighted by Crippen LogP contribution is 2.22. The van der Waals surface area contributed by atoms with E-state index in [1.165, 1.54) is 0 Å². The van der Waals surface area contributed by atoms with Crippen LogP contribution in [0.1, 0.15) is 5.56 Å². The molecule has 8 nitrogen and oxygen atoms in total. The zero-order chi connectivity index (χ0) is 20.5. The second-order valence-corrected chi connectivity index (χ2v) is 7.53. The van der Waals surface area contributed by atoms with Crippen LogP contribution in [0, 0.1) is 0 Å². The lowest BCUT2D eigenvalue weighted by Gasteiger charge is -2.35. The van der Waals surface area contributed by atoms with Crippen LogP contribution < -0.4 is 4.90 Å². The molecule has 0 saturated carbocycles. The van der Waals surface area contributed by atoms with E-state index in [0.29, 0.717) is 19.5 Å². The third-order valence-electron chi connectivity index (χ3n) is 5.68. The van der Waals surface area contributed by atoms with Crippen molar-refractivity contribution in [1.29, 1.82) is 0 Å². The van der Waals surface area contributed by atoms with Gasteiger partial charge in [0.05, 0.1) is 6.42 Å². The van der Waals surface area contributed by atoms with Gasteiger partial charge in [-0.2, -0.15) is 0 Å². The van der Waals surface area contributed by atoms with Gasteiger partial charge in [0.2, 0.25) is 5.91 Å². The van der Waals surface area contributed by atoms with Crippen LogP contribution in [0.25, 0.3) is 16.7 Å². The molecule has 0 bridgehead atoms. The van der Waals surface area contributed by atoms with E-state index in [1.54, 1.807) is 18.9 Å². The van der Waals surface area contributed by atoms with Gasteiger partial charge in [-0.1, -0.05) is 18.2 Å². The SMILES string of the molecule is Cn1cc(CC(=O)N2CCN(c3cc(-n4ccnc4)ncn3)CC2)c2ccccc21. The number of imidazole rings is 1. The molecule has 0 atom stereocenters. The molecule has 30 heavy (non-hydrogen) atoms. The second-order valence-electron chi connectivity index (χ2n) is 7.53. The highest BCUT2D eigenvalue weighted by Gasteiger charge is 2.23. The van der Waals surface area contributed by atoms with Crippen LogP contribution in [0.3, 0.4) is 0 Å². The topological polar surface area (TPSA) is 72.1 Å². The van der Waals surface area contributed by atoms with Gasteiger partial charge in [0.1, 0.15) is 24.3 Å². The number of rotatable bonds is 4. The molecule has 0 unspecified atom stereocenters. The molecule has 1 aliphatic rings. The number of carbonyl (C=O) groups is 1. The molecule has 4 heterocycles. The number of para-hydroxylation sites is 1. The Hall–Kier alpha value is -3.68. The van der Waals surface area contributed by atoms with Crippen molar-refractivity contribution in [3.63, 3.8) is 0 Å². The molecule has 0 aliphatic carbocycles. The van der Waals surface area contributed by atoms with Gasteiger partial charge in [0.25, 0.3) is 0 Å². The fourth-order valence-corrected chi connectivity index (χ4v) is 4.07. The second kappa shape index (κ2) is 7.62. The molecule has 5 rings (SSSR count). The van der Waals surface area contributed by atoms with Crippen molar-refractivity contribution < 1.29 is 4.79 Å². The number of anilines is 1. The fourth-order valence-electron chi connectivity index (χ4n) is 4.07. The van der Waals surface area contributed by atoms with E-state index < -0.39 is 0 Å². The van der Waals surface area contributed by atoms with Gasteiger partial charge in [0.15, 0.2) is 0 Å². The molecule has 1 aliphatic heterocycles. The van der Waals surface area contributed by atoms with Crippen molar-refractivity contribution in [1.82, 2.24) is 29.0 Å². The summed E-state index contributed by atoms with van der Waals surface area (Å²) in [6.07, 6.45) is 9.37. The third kappa shape index (κ3) is 3.41. The Bertz CT molecular complexity index is 1170. The number of piperazine rings is 1. The standard InChI is InChI=1S/C22H23N7O/c1-26-14-17(18-4-2-3-5-19(18)26)12-22(30)28-10-8-27(9-11-28)20-13-21(25-15-24-20)29-7-6-23-16-29/h2-7,13-16H,8-12H2,1H3. The summed E-state index contributed by atoms with van der Waals surface area (Å²) < 4.78 is 3.94. The van der Waals surface area contributed by atoms with Crippen molar-refractivity contribution in [3.05, 3.63) is 67.1 Å². The lowest BCUT2D eigenvalue weighted by atomic mass is 10.1. The maximum absolute atomic E-state index is 12.9. The monoisotopic (exact) mass is 401 g/mol. The molecule has 8 heteroatoms. The zero-order valence-electron chi connectivity index (χ0n) is 16.8. The molecule has 1 saturated heterocycles. The number of benzene rings is 1. The Kier molecular flexibility index (Phi) is 4.66. The summed E-state index contributed by atoms with van der Waals surface area (Å²) in [4.78, 5) is 29.9. The number of carbonyl (C=O) groups excluding carboxylic acids is 1. The minimum absolute atomic E-state index is 0.174. The largest absolute Gasteiger partial charge is 0.353 e. The number of fused-ring (bicyclic) bond motifs is 1. The maximum Gasteiger partial charge on any atom is 0.227 e. The highest BCUT2D eigenvalue weighted by atomic mass is 16.2. The van der Waals surface area contributed by atoms with E-state index in [2.05, 4.69) is 42.7 Å². The van der Waals surface area contributed by atoms with Gasteiger partial charge in [0, 0.05) is 68.8 Å². The first-order chi connectivity index (χ1) is 14.7. The summed E-state index contributed by atoms with van der Waals surface area (Å²) >= 11 is 0. The molecule has 0 spiro atoms. The van der Waals surface area contributed by atoms with Crippen LogP contribution in [-0.4, -0.2) is 61.1 Å². The molecule has 4 aromatic rings. The van der Waals surface area contributed by atoms with E-state index in [0.717, 1.165) is 41.2 Å². The first kappa shape index (κ1) is 18.4. The Balaban J connectivity index is 1.25. The molecule has 1 fully saturated rings. The third-order valence-corrected chi connectivity index (χ3v) is 5.68. The summed E-state index contributed by atoms with van der Waals surface area (Å²) in [5, 5.41) is 1.15. The molecule has 152 valence electrons. The van der Waals surface area contributed by atoms with E-state index in [9.17, 15) is 4.79 Å². The quantitative estimate of drug-likeness (QED) is 0.523. The minimum atomic E-state index is 0.174. The normalized spacial score (nSPS) is 14.4. The number of amides is 1. The molecule has 0 N–H and O–H groups in total. The van der Waals surface area contributed by atoms with Crippen molar-refractivity contribution in [3.8, 4) is 5.82 Å². The first-order valence-corrected chi connectivity index (χ1v) is 10.0. The smallest absolute Gasteiger partial charge is 0.227 e. The van der Waals surface area contributed by atoms with Crippen LogP contribution in [0.15, 0.2) is 61.6 Å². The average molecular weight is 401 g/mol. The van der Waals surface area contributed by atoms with Crippen molar-refractivity contribution >= 4 is 22.6 Å². The lowest BCUT2D eigenvalue weighted by Crippen LogP contribution is -2.49. The van der Waals surface area contributed by atoms with Gasteiger partial charge < -0.3 is 14.4 Å².